The lowest BCUT2D eigenvalue weighted by Crippen LogP contribution is -2.34. The number of rotatable bonds is 1. The van der Waals surface area contributed by atoms with Crippen molar-refractivity contribution in [3.63, 3.8) is 0 Å². The molecule has 0 spiro atoms. The second-order valence-corrected chi connectivity index (χ2v) is 3.15. The molecule has 1 atom stereocenters. The standard InChI is InChI=1S/C6H8BrN3O2/c7-6-10-9-5(12-6)4-3-11-2-1-8-4/h4,8H,1-3H2. The molecule has 1 aliphatic rings. The molecule has 2 heterocycles. The third kappa shape index (κ3) is 1.65. The van der Waals surface area contributed by atoms with Crippen molar-refractivity contribution in [1.82, 2.24) is 15.5 Å². The summed E-state index contributed by atoms with van der Waals surface area (Å²) in [6.45, 7) is 2.16. The topological polar surface area (TPSA) is 60.2 Å². The van der Waals surface area contributed by atoms with Crippen LogP contribution in [0.25, 0.3) is 0 Å². The number of halogens is 1. The SMILES string of the molecule is Brc1nnc(C2COCCN2)o1. The molecule has 1 aromatic heterocycles. The molecule has 1 fully saturated rings. The van der Waals surface area contributed by atoms with E-state index in [4.69, 9.17) is 9.15 Å². The third-order valence-corrected chi connectivity index (χ3v) is 1.96. The van der Waals surface area contributed by atoms with E-state index in [-0.39, 0.29) is 6.04 Å². The minimum Gasteiger partial charge on any atom is -0.414 e. The van der Waals surface area contributed by atoms with Crippen molar-refractivity contribution in [1.29, 1.82) is 0 Å². The van der Waals surface area contributed by atoms with Crippen molar-refractivity contribution in [2.75, 3.05) is 19.8 Å². The fourth-order valence-electron chi connectivity index (χ4n) is 1.08. The molecule has 1 saturated heterocycles. The molecule has 0 aromatic carbocycles. The molecule has 66 valence electrons. The van der Waals surface area contributed by atoms with Crippen LogP contribution >= 0.6 is 15.9 Å². The molecular weight excluding hydrogens is 226 g/mol. The zero-order valence-electron chi connectivity index (χ0n) is 6.29. The Labute approximate surface area is 77.6 Å². The molecule has 0 bridgehead atoms. The van der Waals surface area contributed by atoms with Crippen molar-refractivity contribution in [3.8, 4) is 0 Å². The van der Waals surface area contributed by atoms with Crippen molar-refractivity contribution in [3.05, 3.63) is 10.7 Å². The largest absolute Gasteiger partial charge is 0.414 e. The second kappa shape index (κ2) is 3.51. The number of nitrogens with one attached hydrogen (secondary N) is 1. The van der Waals surface area contributed by atoms with Gasteiger partial charge >= 0.3 is 0 Å². The summed E-state index contributed by atoms with van der Waals surface area (Å²) in [5, 5.41) is 10.7. The van der Waals surface area contributed by atoms with Crippen LogP contribution in [0.15, 0.2) is 9.22 Å². The van der Waals surface area contributed by atoms with Gasteiger partial charge in [-0.15, -0.1) is 10.2 Å². The number of aromatic nitrogens is 2. The highest BCUT2D eigenvalue weighted by Gasteiger charge is 2.20. The van der Waals surface area contributed by atoms with Crippen LogP contribution in [0.1, 0.15) is 11.9 Å². The summed E-state index contributed by atoms with van der Waals surface area (Å²) in [5.74, 6) is 0.571. The second-order valence-electron chi connectivity index (χ2n) is 2.47. The Morgan fingerprint density at radius 1 is 1.50 bits per heavy atom. The van der Waals surface area contributed by atoms with Gasteiger partial charge in [0.15, 0.2) is 0 Å². The summed E-state index contributed by atoms with van der Waals surface area (Å²) in [6, 6.07) is 0.0394. The van der Waals surface area contributed by atoms with Gasteiger partial charge in [-0.1, -0.05) is 0 Å². The summed E-state index contributed by atoms with van der Waals surface area (Å²) in [6.07, 6.45) is 0. The van der Waals surface area contributed by atoms with Gasteiger partial charge in [0, 0.05) is 22.5 Å². The summed E-state index contributed by atoms with van der Waals surface area (Å²) in [7, 11) is 0. The summed E-state index contributed by atoms with van der Waals surface area (Å²) in [4.78, 5) is 0.407. The normalized spacial score (nSPS) is 24.2. The molecular formula is C6H8BrN3O2. The van der Waals surface area contributed by atoms with E-state index in [1.807, 2.05) is 0 Å². The van der Waals surface area contributed by atoms with E-state index in [0.29, 0.717) is 17.3 Å². The first-order valence-corrected chi connectivity index (χ1v) is 4.45. The molecule has 0 radical (unpaired) electrons. The van der Waals surface area contributed by atoms with Crippen LogP contribution in [0.4, 0.5) is 0 Å². The van der Waals surface area contributed by atoms with Gasteiger partial charge in [-0.3, -0.25) is 0 Å². The van der Waals surface area contributed by atoms with E-state index in [1.165, 1.54) is 0 Å². The minimum atomic E-state index is 0.0394. The number of nitrogens with zero attached hydrogens (tertiary/aromatic N) is 2. The van der Waals surface area contributed by atoms with Crippen LogP contribution in [0.2, 0.25) is 0 Å². The smallest absolute Gasteiger partial charge is 0.284 e. The summed E-state index contributed by atoms with van der Waals surface area (Å²) in [5.41, 5.74) is 0. The highest BCUT2D eigenvalue weighted by molar-refractivity contribution is 9.10. The quantitative estimate of drug-likeness (QED) is 0.766. The molecule has 1 aromatic rings. The van der Waals surface area contributed by atoms with Gasteiger partial charge in [-0.25, -0.2) is 0 Å². The number of hydrogen-bond acceptors (Lipinski definition) is 5. The summed E-state index contributed by atoms with van der Waals surface area (Å²) < 4.78 is 10.4. The van der Waals surface area contributed by atoms with E-state index in [9.17, 15) is 0 Å². The van der Waals surface area contributed by atoms with Crippen LogP contribution < -0.4 is 5.32 Å². The first kappa shape index (κ1) is 8.15. The van der Waals surface area contributed by atoms with E-state index in [0.717, 1.165) is 13.2 Å². The lowest BCUT2D eigenvalue weighted by Gasteiger charge is -2.20. The van der Waals surface area contributed by atoms with Crippen LogP contribution in [0.5, 0.6) is 0 Å². The van der Waals surface area contributed by atoms with E-state index < -0.39 is 0 Å². The van der Waals surface area contributed by atoms with E-state index in [1.54, 1.807) is 0 Å². The Kier molecular flexibility index (Phi) is 2.38. The van der Waals surface area contributed by atoms with E-state index >= 15 is 0 Å². The van der Waals surface area contributed by atoms with Gasteiger partial charge in [0.1, 0.15) is 6.04 Å². The first-order valence-electron chi connectivity index (χ1n) is 3.66. The van der Waals surface area contributed by atoms with Crippen LogP contribution in [0, 0.1) is 0 Å². The molecule has 1 unspecified atom stereocenters. The van der Waals surface area contributed by atoms with Gasteiger partial charge in [-0.2, -0.15) is 0 Å². The molecule has 1 N–H and O–H groups in total. The molecule has 0 saturated carbocycles. The molecule has 6 heteroatoms. The number of ether oxygens (including phenoxy) is 1. The fraction of sp³-hybridized carbons (Fsp3) is 0.667. The average molecular weight is 234 g/mol. The minimum absolute atomic E-state index is 0.0394. The summed E-state index contributed by atoms with van der Waals surface area (Å²) >= 11 is 3.09. The lowest BCUT2D eigenvalue weighted by atomic mass is 10.3. The number of morpholine rings is 1. The maximum Gasteiger partial charge on any atom is 0.284 e. The predicted octanol–water partition coefficient (Wildman–Crippen LogP) is 0.493. The Morgan fingerprint density at radius 2 is 2.42 bits per heavy atom. The molecule has 2 rings (SSSR count). The van der Waals surface area contributed by atoms with Crippen molar-refractivity contribution >= 4 is 15.9 Å². The average Bonchev–Trinajstić information content (AvgIpc) is 2.54. The molecule has 0 amide bonds. The molecule has 12 heavy (non-hydrogen) atoms. The van der Waals surface area contributed by atoms with Gasteiger partial charge in [0.2, 0.25) is 5.89 Å². The maximum atomic E-state index is 5.24. The fourth-order valence-corrected chi connectivity index (χ4v) is 1.33. The Bertz CT molecular complexity index is 259. The molecule has 0 aliphatic carbocycles. The van der Waals surface area contributed by atoms with Gasteiger partial charge < -0.3 is 14.5 Å². The van der Waals surface area contributed by atoms with Crippen LogP contribution in [0.3, 0.4) is 0 Å². The van der Waals surface area contributed by atoms with Crippen molar-refractivity contribution in [2.24, 2.45) is 0 Å². The highest BCUT2D eigenvalue weighted by atomic mass is 79.9. The van der Waals surface area contributed by atoms with Gasteiger partial charge in [-0.05, 0) is 0 Å². The van der Waals surface area contributed by atoms with Crippen LogP contribution in [-0.2, 0) is 4.74 Å². The molecule has 1 aliphatic heterocycles. The Balaban J connectivity index is 2.08. The predicted molar refractivity (Wildman–Crippen MR) is 43.6 cm³/mol. The maximum absolute atomic E-state index is 5.24. The van der Waals surface area contributed by atoms with Gasteiger partial charge in [0.05, 0.1) is 13.2 Å². The zero-order chi connectivity index (χ0) is 8.39. The van der Waals surface area contributed by atoms with Crippen molar-refractivity contribution in [2.45, 2.75) is 6.04 Å². The van der Waals surface area contributed by atoms with Crippen molar-refractivity contribution < 1.29 is 9.15 Å². The zero-order valence-corrected chi connectivity index (χ0v) is 7.87. The molecule has 5 nitrogen and oxygen atoms in total. The Morgan fingerprint density at radius 3 is 3.00 bits per heavy atom. The highest BCUT2D eigenvalue weighted by Crippen LogP contribution is 2.16. The number of hydrogen-bond donors (Lipinski definition) is 1. The third-order valence-electron chi connectivity index (χ3n) is 1.64. The Hall–Kier alpha value is -0.460. The lowest BCUT2D eigenvalue weighted by molar-refractivity contribution is 0.0678. The first-order chi connectivity index (χ1) is 5.86. The van der Waals surface area contributed by atoms with Crippen LogP contribution in [-0.4, -0.2) is 30.0 Å². The van der Waals surface area contributed by atoms with Gasteiger partial charge in [0.25, 0.3) is 4.80 Å². The van der Waals surface area contributed by atoms with E-state index in [2.05, 4.69) is 31.4 Å². The monoisotopic (exact) mass is 233 g/mol.